The maximum Gasteiger partial charge on any atom is 0.416 e. The molecule has 10 heteroatoms. The highest BCUT2D eigenvalue weighted by atomic mass is 19.4. The number of likely N-dealkylation sites (tertiary alicyclic amines) is 2. The van der Waals surface area contributed by atoms with E-state index >= 15 is 0 Å². The molecule has 0 radical (unpaired) electrons. The first-order valence-corrected chi connectivity index (χ1v) is 11.6. The van der Waals surface area contributed by atoms with Crippen LogP contribution in [0.15, 0.2) is 42.6 Å². The number of benzene rings is 1. The minimum Gasteiger partial charge on any atom is -0.342 e. The van der Waals surface area contributed by atoms with Crippen LogP contribution in [0.3, 0.4) is 0 Å². The number of carbonyl (C=O) groups excluding carboxylic acids is 3. The summed E-state index contributed by atoms with van der Waals surface area (Å²) in [4.78, 5) is 45.6. The molecule has 186 valence electrons. The Morgan fingerprint density at radius 2 is 1.94 bits per heavy atom. The zero-order chi connectivity index (χ0) is 25.2. The third-order valence-corrected chi connectivity index (χ3v) is 6.46. The van der Waals surface area contributed by atoms with Crippen molar-refractivity contribution in [2.75, 3.05) is 25.0 Å². The number of anilines is 1. The summed E-state index contributed by atoms with van der Waals surface area (Å²) < 4.78 is 39.0. The van der Waals surface area contributed by atoms with Gasteiger partial charge >= 0.3 is 6.18 Å². The van der Waals surface area contributed by atoms with Crippen LogP contribution in [0.2, 0.25) is 0 Å². The van der Waals surface area contributed by atoms with E-state index in [2.05, 4.69) is 10.3 Å². The van der Waals surface area contributed by atoms with Gasteiger partial charge in [-0.3, -0.25) is 14.4 Å². The molecule has 2 unspecified atom stereocenters. The Morgan fingerprint density at radius 3 is 2.66 bits per heavy atom. The van der Waals surface area contributed by atoms with Crippen LogP contribution in [0.25, 0.3) is 0 Å². The predicted octanol–water partition coefficient (Wildman–Crippen LogP) is 3.63. The van der Waals surface area contributed by atoms with Crippen LogP contribution in [-0.4, -0.2) is 52.1 Å². The van der Waals surface area contributed by atoms with E-state index in [0.717, 1.165) is 17.7 Å². The monoisotopic (exact) mass is 488 g/mol. The first kappa shape index (κ1) is 24.7. The van der Waals surface area contributed by atoms with Gasteiger partial charge in [-0.1, -0.05) is 18.2 Å². The number of aromatic nitrogens is 1. The standard InChI is InChI=1S/C25H27F3N4O3/c1-16-7-8-21(29-12-16)30-23(34)18-5-3-9-31(14-18)24(35)19-11-22(33)32(15-19)13-17-4-2-6-20(10-17)25(26,27)28/h2,4,6-8,10,12,18-19H,3,5,9,11,13-15H2,1H3,(H,29,30,34). The molecule has 3 heterocycles. The molecule has 2 atom stereocenters. The molecule has 4 rings (SSSR count). The lowest BCUT2D eigenvalue weighted by molar-refractivity contribution is -0.139. The lowest BCUT2D eigenvalue weighted by Crippen LogP contribution is -2.46. The number of amides is 3. The molecule has 0 spiro atoms. The molecule has 0 aliphatic carbocycles. The Bertz CT molecular complexity index is 1100. The largest absolute Gasteiger partial charge is 0.416 e. The van der Waals surface area contributed by atoms with Gasteiger partial charge in [0.1, 0.15) is 5.82 Å². The van der Waals surface area contributed by atoms with E-state index < -0.39 is 17.7 Å². The predicted molar refractivity (Wildman–Crippen MR) is 122 cm³/mol. The van der Waals surface area contributed by atoms with Gasteiger partial charge in [-0.15, -0.1) is 0 Å². The number of carbonyl (C=O) groups is 3. The molecule has 7 nitrogen and oxygen atoms in total. The molecule has 1 aromatic heterocycles. The van der Waals surface area contributed by atoms with Crippen molar-refractivity contribution in [2.45, 2.75) is 38.9 Å². The Kier molecular flexibility index (Phi) is 7.09. The molecule has 2 aromatic rings. The fourth-order valence-electron chi connectivity index (χ4n) is 4.58. The van der Waals surface area contributed by atoms with Gasteiger partial charge < -0.3 is 15.1 Å². The minimum atomic E-state index is -4.46. The third kappa shape index (κ3) is 5.98. The molecular weight excluding hydrogens is 461 g/mol. The number of aryl methyl sites for hydroxylation is 1. The molecule has 2 fully saturated rings. The molecule has 35 heavy (non-hydrogen) atoms. The molecule has 2 aliphatic heterocycles. The highest BCUT2D eigenvalue weighted by Crippen LogP contribution is 2.31. The summed E-state index contributed by atoms with van der Waals surface area (Å²) in [5, 5.41) is 2.79. The van der Waals surface area contributed by atoms with Crippen LogP contribution in [0.4, 0.5) is 19.0 Å². The lowest BCUT2D eigenvalue weighted by Gasteiger charge is -2.33. The van der Waals surface area contributed by atoms with Gasteiger partial charge in [0.15, 0.2) is 0 Å². The zero-order valence-electron chi connectivity index (χ0n) is 19.3. The fourth-order valence-corrected chi connectivity index (χ4v) is 4.58. The van der Waals surface area contributed by atoms with Gasteiger partial charge in [0.05, 0.1) is 17.4 Å². The first-order chi connectivity index (χ1) is 16.6. The average molecular weight is 489 g/mol. The smallest absolute Gasteiger partial charge is 0.342 e. The number of alkyl halides is 3. The van der Waals surface area contributed by atoms with Crippen molar-refractivity contribution in [3.8, 4) is 0 Å². The summed E-state index contributed by atoms with van der Waals surface area (Å²) in [5.74, 6) is -1.17. The molecule has 1 N–H and O–H groups in total. The number of nitrogens with one attached hydrogen (secondary N) is 1. The highest BCUT2D eigenvalue weighted by molar-refractivity contribution is 5.93. The van der Waals surface area contributed by atoms with Gasteiger partial charge in [0.2, 0.25) is 17.7 Å². The number of hydrogen-bond acceptors (Lipinski definition) is 4. The third-order valence-electron chi connectivity index (χ3n) is 6.46. The SMILES string of the molecule is Cc1ccc(NC(=O)C2CCCN(C(=O)C3CC(=O)N(Cc4cccc(C(F)(F)F)c4)C3)C2)nc1. The second-order valence-corrected chi connectivity index (χ2v) is 9.21. The van der Waals surface area contributed by atoms with Crippen LogP contribution < -0.4 is 5.32 Å². The minimum absolute atomic E-state index is 0.0123. The molecule has 0 saturated carbocycles. The normalized spacial score (nSPS) is 20.7. The summed E-state index contributed by atoms with van der Waals surface area (Å²) in [7, 11) is 0. The topological polar surface area (TPSA) is 82.6 Å². The van der Waals surface area contributed by atoms with E-state index in [-0.39, 0.29) is 49.7 Å². The van der Waals surface area contributed by atoms with Crippen molar-refractivity contribution < 1.29 is 27.6 Å². The number of pyridine rings is 1. The average Bonchev–Trinajstić information content (AvgIpc) is 3.19. The number of hydrogen-bond donors (Lipinski definition) is 1. The van der Waals surface area contributed by atoms with Gasteiger partial charge in [-0.25, -0.2) is 4.98 Å². The van der Waals surface area contributed by atoms with E-state index in [9.17, 15) is 27.6 Å². The van der Waals surface area contributed by atoms with Crippen LogP contribution in [-0.2, 0) is 27.1 Å². The van der Waals surface area contributed by atoms with Crippen LogP contribution in [0, 0.1) is 18.8 Å². The van der Waals surface area contributed by atoms with Crippen molar-refractivity contribution in [3.05, 3.63) is 59.3 Å². The highest BCUT2D eigenvalue weighted by Gasteiger charge is 2.39. The number of rotatable bonds is 5. The maximum atomic E-state index is 13.1. The van der Waals surface area contributed by atoms with Crippen molar-refractivity contribution in [3.63, 3.8) is 0 Å². The van der Waals surface area contributed by atoms with Crippen molar-refractivity contribution in [2.24, 2.45) is 11.8 Å². The quantitative estimate of drug-likeness (QED) is 0.697. The molecule has 0 bridgehead atoms. The lowest BCUT2D eigenvalue weighted by atomic mass is 9.95. The molecular formula is C25H27F3N4O3. The van der Waals surface area contributed by atoms with Gasteiger partial charge in [0.25, 0.3) is 0 Å². The van der Waals surface area contributed by atoms with E-state index in [4.69, 9.17) is 0 Å². The Balaban J connectivity index is 1.35. The molecule has 2 saturated heterocycles. The summed E-state index contributed by atoms with van der Waals surface area (Å²) in [5.41, 5.74) is 0.569. The van der Waals surface area contributed by atoms with Crippen molar-refractivity contribution in [1.82, 2.24) is 14.8 Å². The van der Waals surface area contributed by atoms with Gasteiger partial charge in [-0.05, 0) is 49.1 Å². The number of piperidine rings is 1. The molecule has 2 aliphatic rings. The van der Waals surface area contributed by atoms with Gasteiger partial charge in [0, 0.05) is 38.8 Å². The summed E-state index contributed by atoms with van der Waals surface area (Å²) in [6.07, 6.45) is -1.48. The molecule has 3 amide bonds. The van der Waals surface area contributed by atoms with Crippen molar-refractivity contribution >= 4 is 23.5 Å². The van der Waals surface area contributed by atoms with E-state index in [1.54, 1.807) is 17.2 Å². The second-order valence-electron chi connectivity index (χ2n) is 9.21. The first-order valence-electron chi connectivity index (χ1n) is 11.6. The van der Waals surface area contributed by atoms with Crippen LogP contribution in [0.5, 0.6) is 0 Å². The Morgan fingerprint density at radius 1 is 1.14 bits per heavy atom. The number of nitrogens with zero attached hydrogens (tertiary/aromatic N) is 3. The van der Waals surface area contributed by atoms with E-state index in [1.165, 1.54) is 17.0 Å². The van der Waals surface area contributed by atoms with E-state index in [1.807, 2.05) is 13.0 Å². The fraction of sp³-hybridized carbons (Fsp3) is 0.440. The molecule has 1 aromatic carbocycles. The Labute approximate surface area is 201 Å². The maximum absolute atomic E-state index is 13.1. The van der Waals surface area contributed by atoms with Crippen LogP contribution >= 0.6 is 0 Å². The summed E-state index contributed by atoms with van der Waals surface area (Å²) >= 11 is 0. The number of halogens is 3. The van der Waals surface area contributed by atoms with Crippen LogP contribution in [0.1, 0.15) is 36.0 Å². The Hall–Kier alpha value is -3.43. The zero-order valence-corrected chi connectivity index (χ0v) is 19.3. The second kappa shape index (κ2) is 10.1. The summed E-state index contributed by atoms with van der Waals surface area (Å²) in [6.45, 7) is 2.83. The van der Waals surface area contributed by atoms with E-state index in [0.29, 0.717) is 30.8 Å². The summed E-state index contributed by atoms with van der Waals surface area (Å²) in [6, 6.07) is 8.43. The van der Waals surface area contributed by atoms with Gasteiger partial charge in [-0.2, -0.15) is 13.2 Å². The van der Waals surface area contributed by atoms with Crippen molar-refractivity contribution in [1.29, 1.82) is 0 Å².